The zero-order valence-corrected chi connectivity index (χ0v) is 10.8. The van der Waals surface area contributed by atoms with Crippen LogP contribution in [-0.2, 0) is 0 Å². The lowest BCUT2D eigenvalue weighted by molar-refractivity contribution is 0.617. The molecule has 0 saturated heterocycles. The summed E-state index contributed by atoms with van der Waals surface area (Å²) in [6, 6.07) is 11.2. The second-order valence-electron chi connectivity index (χ2n) is 3.92. The quantitative estimate of drug-likeness (QED) is 0.701. The summed E-state index contributed by atoms with van der Waals surface area (Å²) >= 11 is 3.53. The van der Waals surface area contributed by atoms with E-state index in [0.29, 0.717) is 5.56 Å². The Hall–Kier alpha value is -1.22. The first kappa shape index (κ1) is 12.2. The minimum atomic E-state index is -0.260. The fourth-order valence-electron chi connectivity index (χ4n) is 1.65. The largest absolute Gasteiger partial charge is 0.207 e. The van der Waals surface area contributed by atoms with Crippen molar-refractivity contribution < 1.29 is 8.78 Å². The molecule has 2 aromatic rings. The van der Waals surface area contributed by atoms with Gasteiger partial charge in [0, 0.05) is 0 Å². The molecule has 0 nitrogen and oxygen atoms in total. The molecule has 0 N–H and O–H groups in total. The van der Waals surface area contributed by atoms with E-state index in [1.165, 1.54) is 18.2 Å². The van der Waals surface area contributed by atoms with Crippen LogP contribution >= 0.6 is 15.9 Å². The molecular weight excluding hydrogens is 286 g/mol. The third-order valence-electron chi connectivity index (χ3n) is 2.64. The second kappa shape index (κ2) is 4.96. The van der Waals surface area contributed by atoms with Gasteiger partial charge in [-0.1, -0.05) is 40.2 Å². The Bertz CT molecular complexity index is 520. The molecule has 0 radical (unpaired) electrons. The average molecular weight is 297 g/mol. The molecule has 0 spiro atoms. The van der Waals surface area contributed by atoms with Gasteiger partial charge in [0.2, 0.25) is 0 Å². The number of alkyl halides is 1. The summed E-state index contributed by atoms with van der Waals surface area (Å²) in [7, 11) is 0. The minimum Gasteiger partial charge on any atom is -0.207 e. The van der Waals surface area contributed by atoms with Crippen molar-refractivity contribution in [1.29, 1.82) is 0 Å². The van der Waals surface area contributed by atoms with E-state index in [9.17, 15) is 8.78 Å². The van der Waals surface area contributed by atoms with Gasteiger partial charge >= 0.3 is 0 Å². The van der Waals surface area contributed by atoms with Crippen LogP contribution < -0.4 is 0 Å². The Labute approximate surface area is 107 Å². The van der Waals surface area contributed by atoms with Gasteiger partial charge in [0.25, 0.3) is 0 Å². The molecule has 3 heteroatoms. The van der Waals surface area contributed by atoms with Crippen LogP contribution in [0, 0.1) is 18.6 Å². The number of rotatable bonds is 2. The SMILES string of the molecule is Cc1cc(C(Br)c2ccc(F)cc2)ccc1F. The van der Waals surface area contributed by atoms with Gasteiger partial charge in [-0.2, -0.15) is 0 Å². The van der Waals surface area contributed by atoms with Crippen molar-refractivity contribution in [3.05, 3.63) is 70.8 Å². The van der Waals surface area contributed by atoms with E-state index in [-0.39, 0.29) is 16.5 Å². The van der Waals surface area contributed by atoms with Crippen LogP contribution in [0.3, 0.4) is 0 Å². The molecule has 1 unspecified atom stereocenters. The third kappa shape index (κ3) is 2.72. The summed E-state index contributed by atoms with van der Waals surface area (Å²) in [6.45, 7) is 1.73. The minimum absolute atomic E-state index is 0.0533. The van der Waals surface area contributed by atoms with Crippen LogP contribution in [0.5, 0.6) is 0 Å². The molecule has 0 aromatic heterocycles. The Morgan fingerprint density at radius 1 is 0.941 bits per heavy atom. The molecule has 2 rings (SSSR count). The average Bonchev–Trinajstić information content (AvgIpc) is 2.33. The van der Waals surface area contributed by atoms with Gasteiger partial charge in [-0.05, 0) is 41.8 Å². The molecule has 0 saturated carbocycles. The van der Waals surface area contributed by atoms with Crippen LogP contribution in [0.25, 0.3) is 0 Å². The summed E-state index contributed by atoms with van der Waals surface area (Å²) < 4.78 is 26.0. The lowest BCUT2D eigenvalue weighted by atomic mass is 10.0. The van der Waals surface area contributed by atoms with E-state index < -0.39 is 0 Å². The van der Waals surface area contributed by atoms with E-state index in [2.05, 4.69) is 15.9 Å². The van der Waals surface area contributed by atoms with Crippen molar-refractivity contribution in [2.24, 2.45) is 0 Å². The first-order valence-corrected chi connectivity index (χ1v) is 6.15. The number of hydrogen-bond acceptors (Lipinski definition) is 0. The zero-order valence-electron chi connectivity index (χ0n) is 9.25. The van der Waals surface area contributed by atoms with Crippen LogP contribution in [0.4, 0.5) is 8.78 Å². The highest BCUT2D eigenvalue weighted by atomic mass is 79.9. The van der Waals surface area contributed by atoms with Crippen molar-refractivity contribution >= 4 is 15.9 Å². The topological polar surface area (TPSA) is 0 Å². The van der Waals surface area contributed by atoms with Gasteiger partial charge in [0.05, 0.1) is 4.83 Å². The molecule has 1 atom stereocenters. The molecule has 88 valence electrons. The van der Waals surface area contributed by atoms with E-state index in [1.807, 2.05) is 0 Å². The van der Waals surface area contributed by atoms with E-state index in [0.717, 1.165) is 11.1 Å². The summed E-state index contributed by atoms with van der Waals surface area (Å²) in [4.78, 5) is -0.0533. The van der Waals surface area contributed by atoms with Crippen LogP contribution in [0.15, 0.2) is 42.5 Å². The predicted molar refractivity (Wildman–Crippen MR) is 68.3 cm³/mol. The highest BCUT2D eigenvalue weighted by Gasteiger charge is 2.11. The molecule has 0 aliphatic heterocycles. The third-order valence-corrected chi connectivity index (χ3v) is 3.69. The highest BCUT2D eigenvalue weighted by molar-refractivity contribution is 9.09. The lowest BCUT2D eigenvalue weighted by Crippen LogP contribution is -1.94. The molecule has 0 bridgehead atoms. The molecule has 0 amide bonds. The van der Waals surface area contributed by atoms with Crippen molar-refractivity contribution in [3.8, 4) is 0 Å². The highest BCUT2D eigenvalue weighted by Crippen LogP contribution is 2.31. The van der Waals surface area contributed by atoms with Crippen molar-refractivity contribution in [2.75, 3.05) is 0 Å². The molecule has 17 heavy (non-hydrogen) atoms. The Balaban J connectivity index is 2.33. The maximum Gasteiger partial charge on any atom is 0.126 e. The van der Waals surface area contributed by atoms with Crippen molar-refractivity contribution in [2.45, 2.75) is 11.8 Å². The fraction of sp³-hybridized carbons (Fsp3) is 0.143. The van der Waals surface area contributed by atoms with E-state index in [4.69, 9.17) is 0 Å². The Kier molecular flexibility index (Phi) is 3.57. The van der Waals surface area contributed by atoms with Crippen molar-refractivity contribution in [1.82, 2.24) is 0 Å². The maximum absolute atomic E-state index is 13.2. The van der Waals surface area contributed by atoms with Gasteiger partial charge in [-0.3, -0.25) is 0 Å². The predicted octanol–water partition coefficient (Wildman–Crippen LogP) is 4.76. The molecule has 2 aromatic carbocycles. The monoisotopic (exact) mass is 296 g/mol. The van der Waals surface area contributed by atoms with Gasteiger partial charge in [0.1, 0.15) is 11.6 Å². The molecular formula is C14H11BrF2. The van der Waals surface area contributed by atoms with E-state index >= 15 is 0 Å². The standard InChI is InChI=1S/C14H11BrF2/c1-9-8-11(4-7-13(9)17)14(15)10-2-5-12(16)6-3-10/h2-8,14H,1H3. The van der Waals surface area contributed by atoms with Gasteiger partial charge in [-0.25, -0.2) is 8.78 Å². The number of halogens is 3. The second-order valence-corrected chi connectivity index (χ2v) is 4.84. The summed E-state index contributed by atoms with van der Waals surface area (Å²) in [5.74, 6) is -0.476. The number of benzene rings is 2. The first-order chi connectivity index (χ1) is 8.08. The fourth-order valence-corrected chi connectivity index (χ4v) is 2.24. The van der Waals surface area contributed by atoms with Gasteiger partial charge in [0.15, 0.2) is 0 Å². The molecule has 0 fully saturated rings. The maximum atomic E-state index is 13.2. The zero-order chi connectivity index (χ0) is 12.4. The molecule has 0 heterocycles. The normalized spacial score (nSPS) is 12.5. The Morgan fingerprint density at radius 2 is 1.53 bits per heavy atom. The number of hydrogen-bond donors (Lipinski definition) is 0. The Morgan fingerprint density at radius 3 is 2.12 bits per heavy atom. The van der Waals surface area contributed by atoms with E-state index in [1.54, 1.807) is 31.2 Å². The number of aryl methyl sites for hydroxylation is 1. The van der Waals surface area contributed by atoms with Crippen LogP contribution in [-0.4, -0.2) is 0 Å². The van der Waals surface area contributed by atoms with Gasteiger partial charge in [-0.15, -0.1) is 0 Å². The molecule has 0 aliphatic carbocycles. The summed E-state index contributed by atoms with van der Waals surface area (Å²) in [5.41, 5.74) is 2.50. The van der Waals surface area contributed by atoms with Crippen molar-refractivity contribution in [3.63, 3.8) is 0 Å². The lowest BCUT2D eigenvalue weighted by Gasteiger charge is -2.11. The smallest absolute Gasteiger partial charge is 0.126 e. The molecule has 0 aliphatic rings. The van der Waals surface area contributed by atoms with Crippen LogP contribution in [0.2, 0.25) is 0 Å². The first-order valence-electron chi connectivity index (χ1n) is 5.23. The summed E-state index contributed by atoms with van der Waals surface area (Å²) in [6.07, 6.45) is 0. The van der Waals surface area contributed by atoms with Gasteiger partial charge < -0.3 is 0 Å². The van der Waals surface area contributed by atoms with Crippen LogP contribution in [0.1, 0.15) is 21.5 Å². The summed E-state index contributed by atoms with van der Waals surface area (Å²) in [5, 5.41) is 0.